The van der Waals surface area contributed by atoms with Crippen LogP contribution in [0.2, 0.25) is 5.04 Å². The number of amides is 1. The van der Waals surface area contributed by atoms with Gasteiger partial charge in [-0.25, -0.2) is 4.79 Å². The van der Waals surface area contributed by atoms with E-state index in [1.54, 1.807) is 68.5 Å². The lowest BCUT2D eigenvalue weighted by molar-refractivity contribution is -0.256. The van der Waals surface area contributed by atoms with Gasteiger partial charge in [-0.05, 0) is 115 Å². The maximum atomic E-state index is 14.7. The van der Waals surface area contributed by atoms with Crippen LogP contribution in [0.25, 0.3) is 0 Å². The van der Waals surface area contributed by atoms with Crippen LogP contribution in [-0.4, -0.2) is 104 Å². The maximum absolute atomic E-state index is 14.7. The Bertz CT molecular complexity index is 2280. The Morgan fingerprint density at radius 3 is 1.74 bits per heavy atom. The van der Waals surface area contributed by atoms with Gasteiger partial charge < -0.3 is 37.9 Å². The Labute approximate surface area is 443 Å². The highest BCUT2D eigenvalue weighted by Crippen LogP contribution is 2.38. The van der Waals surface area contributed by atoms with E-state index in [2.05, 4.69) is 76.2 Å². The number of ether oxygens (including phenoxy) is 5. The van der Waals surface area contributed by atoms with Crippen molar-refractivity contribution < 1.29 is 52.1 Å². The number of carbonyl (C=O) groups is 5. The predicted molar refractivity (Wildman–Crippen MR) is 291 cm³/mol. The van der Waals surface area contributed by atoms with Gasteiger partial charge in [0.25, 0.3) is 8.32 Å². The molecule has 1 amide bonds. The quantitative estimate of drug-likeness (QED) is 0.0433. The lowest BCUT2D eigenvalue weighted by Crippen LogP contribution is -2.66. The van der Waals surface area contributed by atoms with Gasteiger partial charge in [0.15, 0.2) is 30.3 Å². The van der Waals surface area contributed by atoms with Crippen LogP contribution in [0.4, 0.5) is 4.79 Å². The molecule has 74 heavy (non-hydrogen) atoms. The summed E-state index contributed by atoms with van der Waals surface area (Å²) in [5, 5.41) is 2.18. The SMILES string of the molecule is CCCCC[C@@H](C[C@H]1CC(=O)C=CN1[C@H]1OC[C@@H](OC(=O)C(C)(C)C)C(OC(=O)C(C)(C)C)C1OC(=O)C(C)(C)C)N(CCCCO[Si](c1ccccc1)(c1ccccc1)C(C)(C)C)C(=O)OCc1ccccc1. The molecule has 1 saturated heterocycles. The maximum Gasteiger partial charge on any atom is 0.410 e. The van der Waals surface area contributed by atoms with Crippen molar-refractivity contribution in [3.8, 4) is 0 Å². The molecule has 0 saturated carbocycles. The minimum absolute atomic E-state index is 0.0642. The Hall–Kier alpha value is -5.31. The van der Waals surface area contributed by atoms with Gasteiger partial charge in [0.05, 0.1) is 22.9 Å². The third-order valence-corrected chi connectivity index (χ3v) is 18.7. The topological polar surface area (TPSA) is 147 Å². The number of ketones is 1. The van der Waals surface area contributed by atoms with Crippen molar-refractivity contribution in [1.82, 2.24) is 9.80 Å². The number of unbranched alkanes of at least 4 members (excludes halogenated alkanes) is 3. The van der Waals surface area contributed by atoms with Gasteiger partial charge in [0.1, 0.15) is 6.61 Å². The molecule has 0 aliphatic carbocycles. The second-order valence-corrected chi connectivity index (χ2v) is 28.4. The molecular weight excluding hydrogens is 953 g/mol. The molecule has 0 radical (unpaired) electrons. The van der Waals surface area contributed by atoms with Gasteiger partial charge in [-0.1, -0.05) is 138 Å². The summed E-state index contributed by atoms with van der Waals surface area (Å²) < 4.78 is 38.7. The summed E-state index contributed by atoms with van der Waals surface area (Å²) in [6, 6.07) is 29.7. The van der Waals surface area contributed by atoms with Crippen molar-refractivity contribution in [3.63, 3.8) is 0 Å². The summed E-state index contributed by atoms with van der Waals surface area (Å²) >= 11 is 0. The fraction of sp³-hybridized carbons (Fsp3) is 0.583. The van der Waals surface area contributed by atoms with Crippen molar-refractivity contribution in [2.24, 2.45) is 16.2 Å². The molecule has 3 aromatic carbocycles. The Kier molecular flexibility index (Phi) is 20.9. The van der Waals surface area contributed by atoms with Crippen LogP contribution in [0.15, 0.2) is 103 Å². The highest BCUT2D eigenvalue weighted by molar-refractivity contribution is 6.99. The first-order chi connectivity index (χ1) is 34.8. The van der Waals surface area contributed by atoms with Crippen molar-refractivity contribution in [1.29, 1.82) is 0 Å². The summed E-state index contributed by atoms with van der Waals surface area (Å²) in [5.74, 6) is -1.85. The Morgan fingerprint density at radius 1 is 0.689 bits per heavy atom. The minimum atomic E-state index is -2.82. The summed E-state index contributed by atoms with van der Waals surface area (Å²) in [5.41, 5.74) is -2.01. The zero-order valence-electron chi connectivity index (χ0n) is 46.6. The van der Waals surface area contributed by atoms with Gasteiger partial charge in [-0.2, -0.15) is 0 Å². The van der Waals surface area contributed by atoms with E-state index in [4.69, 9.17) is 28.1 Å². The van der Waals surface area contributed by atoms with Gasteiger partial charge in [0.2, 0.25) is 0 Å². The van der Waals surface area contributed by atoms with E-state index in [0.29, 0.717) is 38.8 Å². The van der Waals surface area contributed by atoms with E-state index < -0.39 is 85.2 Å². The third-order valence-electron chi connectivity index (χ3n) is 13.7. The van der Waals surface area contributed by atoms with E-state index >= 15 is 0 Å². The number of benzene rings is 3. The second-order valence-electron chi connectivity index (χ2n) is 24.1. The highest BCUT2D eigenvalue weighted by atomic mass is 28.4. The first kappa shape index (κ1) is 59.6. The van der Waals surface area contributed by atoms with Crippen LogP contribution in [-0.2, 0) is 53.9 Å². The fourth-order valence-electron chi connectivity index (χ4n) is 9.43. The molecule has 13 nitrogen and oxygen atoms in total. The molecule has 0 N–H and O–H groups in total. The minimum Gasteiger partial charge on any atom is -0.455 e. The summed E-state index contributed by atoms with van der Waals surface area (Å²) in [6.07, 6.45) is 2.83. The third kappa shape index (κ3) is 15.9. The predicted octanol–water partition coefficient (Wildman–Crippen LogP) is 10.7. The molecule has 2 heterocycles. The van der Waals surface area contributed by atoms with Gasteiger partial charge in [-0.3, -0.25) is 19.2 Å². The van der Waals surface area contributed by atoms with E-state index in [0.717, 1.165) is 24.8 Å². The van der Waals surface area contributed by atoms with Crippen molar-refractivity contribution in [2.75, 3.05) is 19.8 Å². The number of hydrogen-bond donors (Lipinski definition) is 0. The first-order valence-electron chi connectivity index (χ1n) is 26.7. The van der Waals surface area contributed by atoms with Gasteiger partial charge in [-0.15, -0.1) is 0 Å². The lowest BCUT2D eigenvalue weighted by atomic mass is 9.91. The average molecular weight is 1040 g/mol. The Morgan fingerprint density at radius 2 is 1.22 bits per heavy atom. The standard InChI is InChI=1S/C60H86N2O11Si/c1-14-15-19-30-44(62(56(67)69-41-43-28-20-16-21-29-43)36-26-27-38-70-74(60(11,12)13,47-31-22-17-23-32-47)48-33-24-18-25-34-48)39-45-40-46(63)35-37-61(45)52-51(73-55(66)59(8,9)10)50(72-54(65)58(5,6)7)49(42-68-52)71-53(64)57(2,3)4/h16-18,20-25,28-29,31-35,37,44-45,49-52H,14-15,19,26-27,30,36,38-42H2,1-13H3/t44-,45-,49+,50?,51?,52-/m0/s1. The molecule has 2 aliphatic rings. The molecule has 2 unspecified atom stereocenters. The number of nitrogens with zero attached hydrogens (tertiary/aromatic N) is 2. The molecule has 0 bridgehead atoms. The van der Waals surface area contributed by atoms with Gasteiger partial charge >= 0.3 is 24.0 Å². The normalized spacial score (nSPS) is 20.1. The summed E-state index contributed by atoms with van der Waals surface area (Å²) in [6.45, 7) is 25.1. The molecule has 406 valence electrons. The second kappa shape index (κ2) is 26.0. The van der Waals surface area contributed by atoms with Gasteiger partial charge in [0, 0.05) is 37.9 Å². The fourth-order valence-corrected chi connectivity index (χ4v) is 14.0. The molecule has 14 heteroatoms. The van der Waals surface area contributed by atoms with Crippen LogP contribution >= 0.6 is 0 Å². The number of allylic oxidation sites excluding steroid dienone is 1. The van der Waals surface area contributed by atoms with Crippen LogP contribution in [0.1, 0.15) is 147 Å². The molecule has 3 aromatic rings. The van der Waals surface area contributed by atoms with Crippen LogP contribution in [0.3, 0.4) is 0 Å². The van der Waals surface area contributed by atoms with E-state index in [-0.39, 0.29) is 30.5 Å². The van der Waals surface area contributed by atoms with Crippen molar-refractivity contribution in [3.05, 3.63) is 109 Å². The summed E-state index contributed by atoms with van der Waals surface area (Å²) in [7, 11) is -2.82. The van der Waals surface area contributed by atoms with Crippen LogP contribution in [0, 0.1) is 16.2 Å². The largest absolute Gasteiger partial charge is 0.455 e. The monoisotopic (exact) mass is 1040 g/mol. The number of esters is 3. The van der Waals surface area contributed by atoms with E-state index in [9.17, 15) is 24.0 Å². The van der Waals surface area contributed by atoms with Crippen LogP contribution in [0.5, 0.6) is 0 Å². The number of carbonyl (C=O) groups excluding carboxylic acids is 5. The first-order valence-corrected chi connectivity index (χ1v) is 28.6. The van der Waals surface area contributed by atoms with Crippen LogP contribution < -0.4 is 10.4 Å². The molecular formula is C60H86N2O11Si. The summed E-state index contributed by atoms with van der Waals surface area (Å²) in [4.78, 5) is 73.3. The smallest absolute Gasteiger partial charge is 0.410 e. The molecule has 1 fully saturated rings. The lowest BCUT2D eigenvalue weighted by Gasteiger charge is -2.49. The number of rotatable bonds is 21. The molecule has 0 spiro atoms. The van der Waals surface area contributed by atoms with Crippen molar-refractivity contribution in [2.45, 2.75) is 190 Å². The average Bonchev–Trinajstić information content (AvgIpc) is 3.33. The van der Waals surface area contributed by atoms with E-state index in [1.165, 1.54) is 16.4 Å². The zero-order valence-corrected chi connectivity index (χ0v) is 47.6. The Balaban J connectivity index is 1.51. The zero-order chi connectivity index (χ0) is 54.5. The van der Waals surface area contributed by atoms with Crippen molar-refractivity contribution >= 4 is 48.5 Å². The number of hydrogen-bond acceptors (Lipinski definition) is 12. The molecule has 2 aliphatic heterocycles. The van der Waals surface area contributed by atoms with E-state index in [1.807, 2.05) is 52.3 Å². The highest BCUT2D eigenvalue weighted by Gasteiger charge is 2.53. The molecule has 5 rings (SSSR count). The molecule has 0 aromatic heterocycles. The molecule has 6 atom stereocenters.